The van der Waals surface area contributed by atoms with Gasteiger partial charge in [0.1, 0.15) is 5.67 Å². The van der Waals surface area contributed by atoms with E-state index in [1.165, 1.54) is 11.6 Å². The van der Waals surface area contributed by atoms with Gasteiger partial charge in [0.2, 0.25) is 15.9 Å². The summed E-state index contributed by atoms with van der Waals surface area (Å²) in [7, 11) is -3.93. The highest BCUT2D eigenvalue weighted by Crippen LogP contribution is 2.45. The van der Waals surface area contributed by atoms with Crippen LogP contribution < -0.4 is 10.5 Å². The van der Waals surface area contributed by atoms with Crippen molar-refractivity contribution in [1.29, 1.82) is 0 Å². The number of hydrogen-bond donors (Lipinski definition) is 2. The van der Waals surface area contributed by atoms with Crippen molar-refractivity contribution in [2.24, 2.45) is 5.73 Å². The van der Waals surface area contributed by atoms with Crippen LogP contribution in [0.5, 0.6) is 0 Å². The van der Waals surface area contributed by atoms with Gasteiger partial charge in [-0.15, -0.1) is 0 Å². The van der Waals surface area contributed by atoms with Gasteiger partial charge >= 0.3 is 0 Å². The number of allylic oxidation sites excluding steroid dienone is 2. The Kier molecular flexibility index (Phi) is 7.26. The van der Waals surface area contributed by atoms with Gasteiger partial charge < -0.3 is 5.73 Å². The lowest BCUT2D eigenvalue weighted by Gasteiger charge is -2.37. The van der Waals surface area contributed by atoms with Gasteiger partial charge in [-0.1, -0.05) is 69.3 Å². The molecule has 5 nitrogen and oxygen atoms in total. The van der Waals surface area contributed by atoms with Crippen LogP contribution in [0.1, 0.15) is 69.1 Å². The number of nitrogens with one attached hydrogen (secondary N) is 1. The highest BCUT2D eigenvalue weighted by Gasteiger charge is 2.41. The Morgan fingerprint density at radius 2 is 1.86 bits per heavy atom. The van der Waals surface area contributed by atoms with Crippen LogP contribution >= 0.6 is 0 Å². The second kappa shape index (κ2) is 9.94. The van der Waals surface area contributed by atoms with Gasteiger partial charge in [0.25, 0.3) is 0 Å². The number of nitrogens with two attached hydrogens (primary N) is 1. The largest absolute Gasteiger partial charge is 0.370 e. The molecule has 3 atom stereocenters. The van der Waals surface area contributed by atoms with Crippen molar-refractivity contribution in [3.63, 3.8) is 0 Å². The average molecular weight is 511 g/mol. The number of hydrogen-bond acceptors (Lipinski definition) is 3. The SMILES string of the molecule is CC(C)(C)c1ccc(S(=O)(=O)NC(CC(N)=O)C2=CCC(F)(C3CCCc4ccccc43)C=C2)cc1. The van der Waals surface area contributed by atoms with Crippen LogP contribution in [0.15, 0.2) is 77.2 Å². The molecule has 0 bridgehead atoms. The highest BCUT2D eigenvalue weighted by molar-refractivity contribution is 7.89. The average Bonchev–Trinajstić information content (AvgIpc) is 2.83. The van der Waals surface area contributed by atoms with Crippen LogP contribution in [-0.4, -0.2) is 26.0 Å². The Morgan fingerprint density at radius 3 is 2.47 bits per heavy atom. The lowest BCUT2D eigenvalue weighted by Crippen LogP contribution is -2.40. The number of halogens is 1. The minimum absolute atomic E-state index is 0.101. The zero-order valence-electron chi connectivity index (χ0n) is 21.1. The summed E-state index contributed by atoms with van der Waals surface area (Å²) in [6, 6.07) is 13.8. The Morgan fingerprint density at radius 1 is 1.17 bits per heavy atom. The quantitative estimate of drug-likeness (QED) is 0.535. The molecule has 2 aliphatic carbocycles. The molecule has 2 aromatic rings. The lowest BCUT2D eigenvalue weighted by molar-refractivity contribution is -0.118. The van der Waals surface area contributed by atoms with Crippen molar-refractivity contribution in [3.8, 4) is 0 Å². The molecule has 0 saturated carbocycles. The van der Waals surface area contributed by atoms with Crippen LogP contribution in [0.25, 0.3) is 0 Å². The normalized spacial score (nSPS) is 23.0. The van der Waals surface area contributed by atoms with Gasteiger partial charge in [0.15, 0.2) is 0 Å². The predicted octanol–water partition coefficient (Wildman–Crippen LogP) is 5.22. The van der Waals surface area contributed by atoms with Crippen LogP contribution in [0.4, 0.5) is 4.39 Å². The summed E-state index contributed by atoms with van der Waals surface area (Å²) in [6.45, 7) is 6.16. The standard InChI is InChI=1S/C29H35FN2O3S/c1-28(2,3)22-11-13-23(14-12-22)36(34,35)32-26(19-27(31)33)21-15-17-29(30,18-16-21)25-10-6-8-20-7-4-5-9-24(20)25/h4-5,7,9,11-17,25-26,32H,6,8,10,18-19H2,1-3H3,(H2,31,33). The molecule has 0 aliphatic heterocycles. The third kappa shape index (κ3) is 5.62. The lowest BCUT2D eigenvalue weighted by atomic mass is 9.71. The van der Waals surface area contributed by atoms with E-state index in [4.69, 9.17) is 5.73 Å². The van der Waals surface area contributed by atoms with Crippen molar-refractivity contribution >= 4 is 15.9 Å². The van der Waals surface area contributed by atoms with E-state index in [2.05, 4.69) is 31.6 Å². The molecule has 0 heterocycles. The summed E-state index contributed by atoms with van der Waals surface area (Å²) in [5, 5.41) is 0. The molecule has 3 N–H and O–H groups in total. The van der Waals surface area contributed by atoms with Crippen LogP contribution in [0, 0.1) is 0 Å². The van der Waals surface area contributed by atoms with Gasteiger partial charge in [0, 0.05) is 18.8 Å². The molecule has 3 unspecified atom stereocenters. The maximum atomic E-state index is 16.2. The molecule has 2 aliphatic rings. The van der Waals surface area contributed by atoms with Crippen molar-refractivity contribution in [2.75, 3.05) is 0 Å². The Labute approximate surface area is 213 Å². The fraction of sp³-hybridized carbons (Fsp3) is 0.414. The van der Waals surface area contributed by atoms with E-state index in [-0.39, 0.29) is 29.1 Å². The second-order valence-corrected chi connectivity index (χ2v) is 12.6. The molecule has 2 aromatic carbocycles. The van der Waals surface area contributed by atoms with Gasteiger partial charge in [-0.25, -0.2) is 17.5 Å². The number of carbonyl (C=O) groups excluding carboxylic acids is 1. The molecule has 36 heavy (non-hydrogen) atoms. The molecule has 7 heteroatoms. The van der Waals surface area contributed by atoms with E-state index < -0.39 is 27.6 Å². The minimum atomic E-state index is -3.93. The molecular weight excluding hydrogens is 475 g/mol. The van der Waals surface area contributed by atoms with Crippen molar-refractivity contribution < 1.29 is 17.6 Å². The minimum Gasteiger partial charge on any atom is -0.370 e. The number of benzene rings is 2. The first kappa shape index (κ1) is 26.3. The van der Waals surface area contributed by atoms with E-state index in [1.54, 1.807) is 36.4 Å². The van der Waals surface area contributed by atoms with E-state index in [0.717, 1.165) is 30.4 Å². The number of sulfonamides is 1. The molecule has 4 rings (SSSR count). The maximum Gasteiger partial charge on any atom is 0.241 e. The van der Waals surface area contributed by atoms with Gasteiger partial charge in [-0.3, -0.25) is 4.79 Å². The Balaban J connectivity index is 1.55. The zero-order valence-corrected chi connectivity index (χ0v) is 21.9. The Bertz CT molecular complexity index is 1290. The first-order chi connectivity index (χ1) is 16.9. The molecule has 0 fully saturated rings. The van der Waals surface area contributed by atoms with Crippen LogP contribution in [0.3, 0.4) is 0 Å². The van der Waals surface area contributed by atoms with Gasteiger partial charge in [-0.2, -0.15) is 0 Å². The molecule has 192 valence electrons. The smallest absolute Gasteiger partial charge is 0.241 e. The molecule has 0 aromatic heterocycles. The topological polar surface area (TPSA) is 89.3 Å². The third-order valence-corrected chi connectivity index (χ3v) is 8.78. The number of carbonyl (C=O) groups is 1. The van der Waals surface area contributed by atoms with Crippen molar-refractivity contribution in [2.45, 2.75) is 80.8 Å². The fourth-order valence-corrected chi connectivity index (χ4v) is 6.46. The number of rotatable bonds is 7. The summed E-state index contributed by atoms with van der Waals surface area (Å²) in [6.07, 6.45) is 7.37. The predicted molar refractivity (Wildman–Crippen MR) is 141 cm³/mol. The monoisotopic (exact) mass is 510 g/mol. The number of fused-ring (bicyclic) bond motifs is 1. The highest BCUT2D eigenvalue weighted by atomic mass is 32.2. The summed E-state index contributed by atoms with van der Waals surface area (Å²) < 4.78 is 45.1. The van der Waals surface area contributed by atoms with E-state index in [0.29, 0.717) is 5.57 Å². The van der Waals surface area contributed by atoms with E-state index >= 15 is 4.39 Å². The third-order valence-electron chi connectivity index (χ3n) is 7.29. The Hall–Kier alpha value is -2.77. The summed E-state index contributed by atoms with van der Waals surface area (Å²) in [5.74, 6) is -0.900. The van der Waals surface area contributed by atoms with Crippen LogP contribution in [-0.2, 0) is 26.7 Å². The number of aryl methyl sites for hydroxylation is 1. The summed E-state index contributed by atoms with van der Waals surface area (Å²) in [5.41, 5.74) is 7.55. The van der Waals surface area contributed by atoms with Gasteiger partial charge in [-0.05, 0) is 65.1 Å². The molecule has 1 amide bonds. The zero-order chi connectivity index (χ0) is 26.1. The summed E-state index contributed by atoms with van der Waals surface area (Å²) in [4.78, 5) is 11.9. The number of primary amides is 1. The summed E-state index contributed by atoms with van der Waals surface area (Å²) >= 11 is 0. The first-order valence-electron chi connectivity index (χ1n) is 12.5. The van der Waals surface area contributed by atoms with Crippen LogP contribution in [0.2, 0.25) is 0 Å². The molecular formula is C29H35FN2O3S. The molecule has 0 radical (unpaired) electrons. The molecule has 0 spiro atoms. The van der Waals surface area contributed by atoms with E-state index in [1.807, 2.05) is 18.2 Å². The number of amides is 1. The second-order valence-electron chi connectivity index (χ2n) is 10.9. The maximum absolute atomic E-state index is 16.2. The van der Waals surface area contributed by atoms with Gasteiger partial charge in [0.05, 0.1) is 10.9 Å². The van der Waals surface area contributed by atoms with Crippen molar-refractivity contribution in [1.82, 2.24) is 4.72 Å². The van der Waals surface area contributed by atoms with Crippen molar-refractivity contribution in [3.05, 3.63) is 89.0 Å². The fourth-order valence-electron chi connectivity index (χ4n) is 5.23. The molecule has 0 saturated heterocycles. The number of alkyl halides is 1. The van der Waals surface area contributed by atoms with E-state index in [9.17, 15) is 13.2 Å². The first-order valence-corrected chi connectivity index (χ1v) is 13.9.